The Morgan fingerprint density at radius 2 is 1.90 bits per heavy atom. The van der Waals surface area contributed by atoms with Crippen molar-refractivity contribution >= 4 is 11.3 Å². The third-order valence-electron chi connectivity index (χ3n) is 5.46. The molecule has 0 radical (unpaired) electrons. The number of aromatic amines is 1. The first-order valence-corrected chi connectivity index (χ1v) is 11.0. The number of nitrogens with zero attached hydrogens (tertiary/aromatic N) is 1. The Morgan fingerprint density at radius 3 is 2.57 bits per heavy atom. The second-order valence-corrected chi connectivity index (χ2v) is 8.45. The number of aromatic nitrogens is 2. The molecule has 4 aromatic rings. The molecule has 0 spiro atoms. The molecule has 0 fully saturated rings. The zero-order valence-corrected chi connectivity index (χ0v) is 18.4. The Morgan fingerprint density at radius 1 is 1.07 bits per heavy atom. The van der Waals surface area contributed by atoms with Gasteiger partial charge in [-0.25, -0.2) is 0 Å². The van der Waals surface area contributed by atoms with Crippen LogP contribution in [0.25, 0.3) is 0 Å². The maximum Gasteiger partial charge on any atom is 0.122 e. The van der Waals surface area contributed by atoms with Crippen molar-refractivity contribution in [3.8, 4) is 5.75 Å². The number of ether oxygens (including phenoxy) is 1. The third-order valence-corrected chi connectivity index (χ3v) is 6.40. The summed E-state index contributed by atoms with van der Waals surface area (Å²) in [6, 6.07) is 21.5. The molecule has 1 unspecified atom stereocenters. The second kappa shape index (κ2) is 9.28. The summed E-state index contributed by atoms with van der Waals surface area (Å²) in [5.41, 5.74) is 7.08. The highest BCUT2D eigenvalue weighted by molar-refractivity contribution is 7.10. The molecule has 0 amide bonds. The van der Waals surface area contributed by atoms with Crippen LogP contribution in [-0.2, 0) is 13.0 Å². The van der Waals surface area contributed by atoms with E-state index in [4.69, 9.17) is 4.74 Å². The van der Waals surface area contributed by atoms with Gasteiger partial charge in [0.2, 0.25) is 0 Å². The molecular formula is C25H27N3OS. The van der Waals surface area contributed by atoms with E-state index < -0.39 is 0 Å². The van der Waals surface area contributed by atoms with Crippen molar-refractivity contribution in [2.24, 2.45) is 0 Å². The van der Waals surface area contributed by atoms with Gasteiger partial charge < -0.3 is 10.1 Å². The summed E-state index contributed by atoms with van der Waals surface area (Å²) in [6.07, 6.45) is 0.804. The van der Waals surface area contributed by atoms with Crippen molar-refractivity contribution in [3.63, 3.8) is 0 Å². The second-order valence-electron chi connectivity index (χ2n) is 7.48. The largest absolute Gasteiger partial charge is 0.496 e. The van der Waals surface area contributed by atoms with Crippen LogP contribution in [0.5, 0.6) is 5.75 Å². The highest BCUT2D eigenvalue weighted by Gasteiger charge is 2.16. The number of thiophene rings is 1. The van der Waals surface area contributed by atoms with Gasteiger partial charge in [-0.3, -0.25) is 5.10 Å². The van der Waals surface area contributed by atoms with Gasteiger partial charge in [0.05, 0.1) is 18.8 Å². The maximum absolute atomic E-state index is 5.63. The van der Waals surface area contributed by atoms with Gasteiger partial charge in [0.1, 0.15) is 5.75 Å². The van der Waals surface area contributed by atoms with E-state index in [1.54, 1.807) is 18.4 Å². The van der Waals surface area contributed by atoms with Crippen LogP contribution in [0, 0.1) is 13.8 Å². The minimum absolute atomic E-state index is 0.176. The van der Waals surface area contributed by atoms with E-state index in [0.717, 1.165) is 30.1 Å². The van der Waals surface area contributed by atoms with Gasteiger partial charge in [0.15, 0.2) is 0 Å². The summed E-state index contributed by atoms with van der Waals surface area (Å²) < 4.78 is 5.63. The van der Waals surface area contributed by atoms with Crippen molar-refractivity contribution in [1.29, 1.82) is 0 Å². The van der Waals surface area contributed by atoms with Crippen molar-refractivity contribution < 1.29 is 4.74 Å². The lowest BCUT2D eigenvalue weighted by atomic mass is 10.00. The van der Waals surface area contributed by atoms with Crippen LogP contribution in [0.1, 0.15) is 44.6 Å². The smallest absolute Gasteiger partial charge is 0.122 e. The van der Waals surface area contributed by atoms with Crippen LogP contribution < -0.4 is 10.1 Å². The predicted molar refractivity (Wildman–Crippen MR) is 123 cm³/mol. The van der Waals surface area contributed by atoms with E-state index in [1.807, 2.05) is 6.92 Å². The Bertz CT molecular complexity index is 1070. The fourth-order valence-electron chi connectivity index (χ4n) is 3.81. The number of aryl methyl sites for hydroxylation is 2. The van der Waals surface area contributed by atoms with Gasteiger partial charge in [-0.15, -0.1) is 11.3 Å². The molecule has 1 atom stereocenters. The van der Waals surface area contributed by atoms with Crippen molar-refractivity contribution in [1.82, 2.24) is 15.5 Å². The molecule has 0 saturated carbocycles. The summed E-state index contributed by atoms with van der Waals surface area (Å²) in [4.78, 5) is 1.32. The number of nitrogens with one attached hydrogen (secondary N) is 2. The molecule has 0 bridgehead atoms. The molecule has 0 saturated heterocycles. The first-order valence-electron chi connectivity index (χ1n) is 10.1. The summed E-state index contributed by atoms with van der Waals surface area (Å²) in [6.45, 7) is 4.89. The zero-order valence-electron chi connectivity index (χ0n) is 17.6. The predicted octanol–water partition coefficient (Wildman–Crippen LogP) is 5.57. The van der Waals surface area contributed by atoms with Gasteiger partial charge in [-0.05, 0) is 48.1 Å². The van der Waals surface area contributed by atoms with Crippen LogP contribution >= 0.6 is 11.3 Å². The number of benzene rings is 2. The molecule has 4 rings (SSSR count). The average molecular weight is 418 g/mol. The summed E-state index contributed by atoms with van der Waals surface area (Å²) >= 11 is 1.78. The number of rotatable bonds is 8. The van der Waals surface area contributed by atoms with E-state index in [1.165, 1.54) is 27.1 Å². The minimum atomic E-state index is 0.176. The first kappa shape index (κ1) is 20.4. The monoisotopic (exact) mass is 417 g/mol. The van der Waals surface area contributed by atoms with Crippen LogP contribution in [-0.4, -0.2) is 17.3 Å². The highest BCUT2D eigenvalue weighted by atomic mass is 32.1. The summed E-state index contributed by atoms with van der Waals surface area (Å²) in [5.74, 6) is 0.914. The molecule has 0 aliphatic heterocycles. The SMILES string of the molecule is COc1ccc(CNC(c2ccccc2)c2cccs2)cc1Cc1c(C)n[nH]c1C. The Hall–Kier alpha value is -2.89. The van der Waals surface area contributed by atoms with E-state index in [0.29, 0.717) is 0 Å². The standard InChI is InChI=1S/C25H27N3OS/c1-17-22(18(2)28-27-17)15-21-14-19(11-12-23(21)29-3)16-26-25(24-10-7-13-30-24)20-8-5-4-6-9-20/h4-14,25-26H,15-16H2,1-3H3,(H,27,28). The van der Waals surface area contributed by atoms with E-state index >= 15 is 0 Å². The molecule has 2 aromatic heterocycles. The zero-order chi connectivity index (χ0) is 20.9. The van der Waals surface area contributed by atoms with Gasteiger partial charge in [0, 0.05) is 29.1 Å². The molecule has 2 heterocycles. The Labute approximate surface area is 181 Å². The molecular weight excluding hydrogens is 390 g/mol. The average Bonchev–Trinajstić information content (AvgIpc) is 3.41. The normalized spacial score (nSPS) is 12.1. The topological polar surface area (TPSA) is 49.9 Å². The lowest BCUT2D eigenvalue weighted by molar-refractivity contribution is 0.410. The summed E-state index contributed by atoms with van der Waals surface area (Å²) in [7, 11) is 1.73. The number of H-pyrrole nitrogens is 1. The highest BCUT2D eigenvalue weighted by Crippen LogP contribution is 2.28. The first-order chi connectivity index (χ1) is 14.7. The van der Waals surface area contributed by atoms with Crippen LogP contribution in [0.15, 0.2) is 66.0 Å². The van der Waals surface area contributed by atoms with E-state index in [-0.39, 0.29) is 6.04 Å². The maximum atomic E-state index is 5.63. The van der Waals surface area contributed by atoms with Crippen molar-refractivity contribution in [2.45, 2.75) is 32.9 Å². The van der Waals surface area contributed by atoms with Crippen molar-refractivity contribution in [2.75, 3.05) is 7.11 Å². The molecule has 5 heteroatoms. The Kier molecular flexibility index (Phi) is 6.31. The molecule has 0 aliphatic rings. The van der Waals surface area contributed by atoms with Gasteiger partial charge in [-0.2, -0.15) is 5.10 Å². The summed E-state index contributed by atoms with van der Waals surface area (Å²) in [5, 5.41) is 13.3. The fraction of sp³-hybridized carbons (Fsp3) is 0.240. The van der Waals surface area contributed by atoms with Crippen molar-refractivity contribution in [3.05, 3.63) is 105 Å². The molecule has 4 nitrogen and oxygen atoms in total. The Balaban J connectivity index is 1.57. The van der Waals surface area contributed by atoms with Crippen LogP contribution in [0.4, 0.5) is 0 Å². The fourth-order valence-corrected chi connectivity index (χ4v) is 4.64. The van der Waals surface area contributed by atoms with Gasteiger partial charge in [0.25, 0.3) is 0 Å². The lowest BCUT2D eigenvalue weighted by Crippen LogP contribution is -2.21. The van der Waals surface area contributed by atoms with Gasteiger partial charge in [-0.1, -0.05) is 48.5 Å². The lowest BCUT2D eigenvalue weighted by Gasteiger charge is -2.19. The number of hydrogen-bond acceptors (Lipinski definition) is 4. The molecule has 154 valence electrons. The molecule has 2 aromatic carbocycles. The number of methoxy groups -OCH3 is 1. The van der Waals surface area contributed by atoms with Gasteiger partial charge >= 0.3 is 0 Å². The van der Waals surface area contributed by atoms with E-state index in [9.17, 15) is 0 Å². The van der Waals surface area contributed by atoms with Crippen LogP contribution in [0.2, 0.25) is 0 Å². The number of hydrogen-bond donors (Lipinski definition) is 2. The molecule has 2 N–H and O–H groups in total. The minimum Gasteiger partial charge on any atom is -0.496 e. The molecule has 30 heavy (non-hydrogen) atoms. The molecule has 0 aliphatic carbocycles. The van der Waals surface area contributed by atoms with E-state index in [2.05, 4.69) is 88.5 Å². The van der Waals surface area contributed by atoms with Crippen LogP contribution in [0.3, 0.4) is 0 Å². The quantitative estimate of drug-likeness (QED) is 0.394. The third kappa shape index (κ3) is 4.48.